The van der Waals surface area contributed by atoms with Crippen LogP contribution >= 0.6 is 15.9 Å². The Hall–Kier alpha value is -1.85. The Morgan fingerprint density at radius 2 is 1.91 bits per heavy atom. The fraction of sp³-hybridized carbons (Fsp3) is 0.278. The predicted octanol–water partition coefficient (Wildman–Crippen LogP) is 4.34. The molecule has 2 rings (SSSR count). The van der Waals surface area contributed by atoms with Gasteiger partial charge in [-0.15, -0.1) is 0 Å². The molecule has 0 fully saturated rings. The standard InChI is InChI=1S/C18H20BrNO3/c1-12-4-6-16(13(2)10-12)20-18(21)14-5-7-17(15(19)11-14)23-9-8-22-3/h4-7,10-11H,8-9H2,1-3H3,(H,20,21). The summed E-state index contributed by atoms with van der Waals surface area (Å²) in [5, 5.41) is 2.93. The summed E-state index contributed by atoms with van der Waals surface area (Å²) in [6.07, 6.45) is 0. The maximum Gasteiger partial charge on any atom is 0.255 e. The van der Waals surface area contributed by atoms with E-state index in [0.29, 0.717) is 24.5 Å². The first-order chi connectivity index (χ1) is 11.0. The maximum absolute atomic E-state index is 12.4. The summed E-state index contributed by atoms with van der Waals surface area (Å²) in [6, 6.07) is 11.2. The first-order valence-electron chi connectivity index (χ1n) is 7.31. The number of methoxy groups -OCH3 is 1. The fourth-order valence-corrected chi connectivity index (χ4v) is 2.64. The van der Waals surface area contributed by atoms with Crippen molar-refractivity contribution in [2.75, 3.05) is 25.6 Å². The average molecular weight is 378 g/mol. The fourth-order valence-electron chi connectivity index (χ4n) is 2.14. The maximum atomic E-state index is 12.4. The molecule has 0 unspecified atom stereocenters. The van der Waals surface area contributed by atoms with Crippen LogP contribution < -0.4 is 10.1 Å². The van der Waals surface area contributed by atoms with Gasteiger partial charge in [0, 0.05) is 18.4 Å². The molecule has 0 saturated carbocycles. The molecule has 0 aliphatic heterocycles. The number of rotatable bonds is 6. The van der Waals surface area contributed by atoms with Gasteiger partial charge >= 0.3 is 0 Å². The van der Waals surface area contributed by atoms with Gasteiger partial charge in [-0.25, -0.2) is 0 Å². The van der Waals surface area contributed by atoms with Crippen LogP contribution in [0.15, 0.2) is 40.9 Å². The van der Waals surface area contributed by atoms with Gasteiger partial charge in [0.2, 0.25) is 0 Å². The highest BCUT2D eigenvalue weighted by atomic mass is 79.9. The number of hydrogen-bond acceptors (Lipinski definition) is 3. The Morgan fingerprint density at radius 3 is 2.57 bits per heavy atom. The number of halogens is 1. The average Bonchev–Trinajstić information content (AvgIpc) is 2.51. The molecule has 122 valence electrons. The van der Waals surface area contributed by atoms with Crippen LogP contribution in [0.5, 0.6) is 5.75 Å². The highest BCUT2D eigenvalue weighted by molar-refractivity contribution is 9.10. The molecule has 0 spiro atoms. The van der Waals surface area contributed by atoms with Crippen molar-refractivity contribution in [2.24, 2.45) is 0 Å². The van der Waals surface area contributed by atoms with Crippen LogP contribution in [0.4, 0.5) is 5.69 Å². The van der Waals surface area contributed by atoms with Gasteiger partial charge < -0.3 is 14.8 Å². The van der Waals surface area contributed by atoms with Gasteiger partial charge in [-0.1, -0.05) is 17.7 Å². The van der Waals surface area contributed by atoms with E-state index in [1.54, 1.807) is 25.3 Å². The van der Waals surface area contributed by atoms with E-state index in [1.807, 2.05) is 32.0 Å². The van der Waals surface area contributed by atoms with Crippen LogP contribution in [0.1, 0.15) is 21.5 Å². The summed E-state index contributed by atoms with van der Waals surface area (Å²) in [7, 11) is 1.62. The van der Waals surface area contributed by atoms with Gasteiger partial charge in [0.05, 0.1) is 11.1 Å². The summed E-state index contributed by atoms with van der Waals surface area (Å²) in [5.41, 5.74) is 3.59. The van der Waals surface area contributed by atoms with E-state index < -0.39 is 0 Å². The second-order valence-corrected chi connectivity index (χ2v) is 6.11. The zero-order valence-electron chi connectivity index (χ0n) is 13.5. The summed E-state index contributed by atoms with van der Waals surface area (Å²) in [4.78, 5) is 12.4. The summed E-state index contributed by atoms with van der Waals surface area (Å²) in [5.74, 6) is 0.534. The molecule has 0 atom stereocenters. The number of carbonyl (C=O) groups excluding carboxylic acids is 1. The van der Waals surface area contributed by atoms with E-state index in [2.05, 4.69) is 21.2 Å². The number of benzene rings is 2. The minimum absolute atomic E-state index is 0.152. The molecule has 2 aromatic rings. The van der Waals surface area contributed by atoms with Gasteiger partial charge in [-0.05, 0) is 59.6 Å². The third kappa shape index (κ3) is 4.81. The summed E-state index contributed by atoms with van der Waals surface area (Å²) >= 11 is 3.43. The summed E-state index contributed by atoms with van der Waals surface area (Å²) in [6.45, 7) is 4.98. The van der Waals surface area contributed by atoms with Crippen molar-refractivity contribution in [1.82, 2.24) is 0 Å². The minimum Gasteiger partial charge on any atom is -0.490 e. The van der Waals surface area contributed by atoms with Crippen LogP contribution in [0.2, 0.25) is 0 Å². The lowest BCUT2D eigenvalue weighted by Gasteiger charge is -2.11. The van der Waals surface area contributed by atoms with E-state index in [1.165, 1.54) is 5.56 Å². The molecule has 0 aromatic heterocycles. The third-order valence-corrected chi connectivity index (χ3v) is 3.99. The number of nitrogens with one attached hydrogen (secondary N) is 1. The first-order valence-corrected chi connectivity index (χ1v) is 8.10. The van der Waals surface area contributed by atoms with Gasteiger partial charge in [0.1, 0.15) is 12.4 Å². The SMILES string of the molecule is COCCOc1ccc(C(=O)Nc2ccc(C)cc2C)cc1Br. The summed E-state index contributed by atoms with van der Waals surface area (Å²) < 4.78 is 11.2. The Kier molecular flexibility index (Phi) is 6.19. The smallest absolute Gasteiger partial charge is 0.255 e. The van der Waals surface area contributed by atoms with Crippen LogP contribution in [0.3, 0.4) is 0 Å². The largest absolute Gasteiger partial charge is 0.490 e. The number of aryl methyl sites for hydroxylation is 2. The van der Waals surface area contributed by atoms with Gasteiger partial charge in [0.25, 0.3) is 5.91 Å². The van der Waals surface area contributed by atoms with Gasteiger partial charge in [0.15, 0.2) is 0 Å². The highest BCUT2D eigenvalue weighted by Gasteiger charge is 2.11. The predicted molar refractivity (Wildman–Crippen MR) is 95.4 cm³/mol. The van der Waals surface area contributed by atoms with Crippen LogP contribution in [-0.2, 0) is 4.74 Å². The lowest BCUT2D eigenvalue weighted by atomic mass is 10.1. The van der Waals surface area contributed by atoms with E-state index >= 15 is 0 Å². The minimum atomic E-state index is -0.152. The van der Waals surface area contributed by atoms with Crippen molar-refractivity contribution in [1.29, 1.82) is 0 Å². The van der Waals surface area contributed by atoms with Gasteiger partial charge in [-0.2, -0.15) is 0 Å². The molecule has 4 nitrogen and oxygen atoms in total. The van der Waals surface area contributed by atoms with Crippen LogP contribution in [0, 0.1) is 13.8 Å². The Bertz CT molecular complexity index is 701. The van der Waals surface area contributed by atoms with E-state index in [4.69, 9.17) is 9.47 Å². The van der Waals surface area contributed by atoms with Crippen molar-refractivity contribution >= 4 is 27.5 Å². The molecule has 0 aliphatic rings. The second-order valence-electron chi connectivity index (χ2n) is 5.26. The molecule has 1 amide bonds. The Balaban J connectivity index is 2.09. The molecule has 2 aromatic carbocycles. The molecular formula is C18H20BrNO3. The number of hydrogen-bond donors (Lipinski definition) is 1. The molecule has 0 radical (unpaired) electrons. The molecular weight excluding hydrogens is 358 g/mol. The number of ether oxygens (including phenoxy) is 2. The van der Waals surface area contributed by atoms with Crippen molar-refractivity contribution in [3.05, 3.63) is 57.6 Å². The number of anilines is 1. The lowest BCUT2D eigenvalue weighted by Crippen LogP contribution is -2.13. The molecule has 23 heavy (non-hydrogen) atoms. The number of carbonyl (C=O) groups is 1. The second kappa shape index (κ2) is 8.13. The Labute approximate surface area is 144 Å². The Morgan fingerprint density at radius 1 is 1.13 bits per heavy atom. The zero-order valence-corrected chi connectivity index (χ0v) is 15.1. The van der Waals surface area contributed by atoms with E-state index in [-0.39, 0.29) is 5.91 Å². The van der Waals surface area contributed by atoms with Crippen molar-refractivity contribution < 1.29 is 14.3 Å². The van der Waals surface area contributed by atoms with Crippen molar-refractivity contribution in [3.8, 4) is 5.75 Å². The van der Waals surface area contributed by atoms with Crippen molar-refractivity contribution in [3.63, 3.8) is 0 Å². The van der Waals surface area contributed by atoms with E-state index in [9.17, 15) is 4.79 Å². The topological polar surface area (TPSA) is 47.6 Å². The van der Waals surface area contributed by atoms with Crippen LogP contribution in [0.25, 0.3) is 0 Å². The van der Waals surface area contributed by atoms with E-state index in [0.717, 1.165) is 15.7 Å². The monoisotopic (exact) mass is 377 g/mol. The quantitative estimate of drug-likeness (QED) is 0.761. The van der Waals surface area contributed by atoms with Gasteiger partial charge in [-0.3, -0.25) is 4.79 Å². The molecule has 5 heteroatoms. The van der Waals surface area contributed by atoms with Crippen LogP contribution in [-0.4, -0.2) is 26.2 Å². The van der Waals surface area contributed by atoms with Crippen molar-refractivity contribution in [2.45, 2.75) is 13.8 Å². The number of amides is 1. The molecule has 0 heterocycles. The molecule has 1 N–H and O–H groups in total. The normalized spacial score (nSPS) is 10.4. The molecule has 0 saturated heterocycles. The highest BCUT2D eigenvalue weighted by Crippen LogP contribution is 2.26. The first kappa shape index (κ1) is 17.5. The zero-order chi connectivity index (χ0) is 16.8. The molecule has 0 bridgehead atoms. The molecule has 0 aliphatic carbocycles. The third-order valence-electron chi connectivity index (χ3n) is 3.37. The lowest BCUT2D eigenvalue weighted by molar-refractivity contribution is 0.102.